The van der Waals surface area contributed by atoms with E-state index in [4.69, 9.17) is 0 Å². The van der Waals surface area contributed by atoms with Crippen molar-refractivity contribution >= 4 is 5.91 Å². The van der Waals surface area contributed by atoms with Crippen molar-refractivity contribution in [2.24, 2.45) is 11.3 Å². The second-order valence-electron chi connectivity index (χ2n) is 6.20. The normalized spacial score (nSPS) is 26.3. The molecule has 1 rings (SSSR count). The number of amides is 1. The number of carbonyl (C=O) groups is 1. The first-order valence-electron chi connectivity index (χ1n) is 5.79. The fourth-order valence-corrected chi connectivity index (χ4v) is 2.05. The average molecular weight is 228 g/mol. The Morgan fingerprint density at radius 3 is 2.44 bits per heavy atom. The number of aliphatic hydroxyl groups is 1. The van der Waals surface area contributed by atoms with Crippen molar-refractivity contribution in [3.05, 3.63) is 0 Å². The molecule has 0 radical (unpaired) electrons. The monoisotopic (exact) mass is 228 g/mol. The van der Waals surface area contributed by atoms with Crippen LogP contribution in [0.15, 0.2) is 0 Å². The van der Waals surface area contributed by atoms with Crippen LogP contribution in [0.4, 0.5) is 0 Å². The fourth-order valence-electron chi connectivity index (χ4n) is 2.05. The smallest absolute Gasteiger partial charge is 0.223 e. The van der Waals surface area contributed by atoms with Gasteiger partial charge >= 0.3 is 0 Å². The van der Waals surface area contributed by atoms with Gasteiger partial charge in [0.05, 0.1) is 5.60 Å². The minimum Gasteiger partial charge on any atom is -0.387 e. The molecule has 16 heavy (non-hydrogen) atoms. The van der Waals surface area contributed by atoms with Gasteiger partial charge in [0, 0.05) is 19.0 Å². The maximum atomic E-state index is 11.7. The average Bonchev–Trinajstić information content (AvgIpc) is 2.69. The number of nitrogens with one attached hydrogen (secondary N) is 1. The summed E-state index contributed by atoms with van der Waals surface area (Å²) in [6.07, 6.45) is 0.953. The predicted octanol–water partition coefficient (Wildman–Crippen LogP) is 0.461. The Bertz CT molecular complexity index is 272. The molecule has 2 N–H and O–H groups in total. The van der Waals surface area contributed by atoms with Crippen molar-refractivity contribution in [3.8, 4) is 0 Å². The summed E-state index contributed by atoms with van der Waals surface area (Å²) in [4.78, 5) is 13.6. The van der Waals surface area contributed by atoms with Gasteiger partial charge in [-0.1, -0.05) is 13.8 Å². The van der Waals surface area contributed by atoms with Gasteiger partial charge in [0.25, 0.3) is 0 Å². The van der Waals surface area contributed by atoms with E-state index in [1.165, 1.54) is 0 Å². The van der Waals surface area contributed by atoms with E-state index >= 15 is 0 Å². The van der Waals surface area contributed by atoms with Crippen LogP contribution >= 0.6 is 0 Å². The van der Waals surface area contributed by atoms with E-state index in [1.54, 1.807) is 6.92 Å². The molecule has 1 aliphatic rings. The topological polar surface area (TPSA) is 52.6 Å². The zero-order valence-electron chi connectivity index (χ0n) is 11.0. The molecule has 4 heteroatoms. The summed E-state index contributed by atoms with van der Waals surface area (Å²) in [6.45, 7) is 6.79. The Balaban J connectivity index is 2.32. The molecule has 1 fully saturated rings. The first-order valence-corrected chi connectivity index (χ1v) is 5.79. The highest BCUT2D eigenvalue weighted by Crippen LogP contribution is 2.51. The van der Waals surface area contributed by atoms with Gasteiger partial charge in [-0.15, -0.1) is 0 Å². The van der Waals surface area contributed by atoms with Crippen molar-refractivity contribution in [2.45, 2.75) is 32.8 Å². The van der Waals surface area contributed by atoms with E-state index in [2.05, 4.69) is 19.2 Å². The number of hydrogen-bond acceptors (Lipinski definition) is 3. The van der Waals surface area contributed by atoms with Crippen molar-refractivity contribution in [3.63, 3.8) is 0 Å². The molecule has 0 saturated heterocycles. The van der Waals surface area contributed by atoms with Crippen LogP contribution in [0, 0.1) is 11.3 Å². The van der Waals surface area contributed by atoms with Gasteiger partial charge in [-0.25, -0.2) is 0 Å². The van der Waals surface area contributed by atoms with Crippen molar-refractivity contribution in [1.29, 1.82) is 0 Å². The summed E-state index contributed by atoms with van der Waals surface area (Å²) < 4.78 is 0. The highest BCUT2D eigenvalue weighted by atomic mass is 16.3. The number of carbonyl (C=O) groups excluding carboxylic acids is 1. The molecule has 2 atom stereocenters. The molecule has 94 valence electrons. The van der Waals surface area contributed by atoms with Gasteiger partial charge in [-0.3, -0.25) is 4.79 Å². The number of likely N-dealkylation sites (N-methyl/N-ethyl adjacent to an activating group) is 1. The van der Waals surface area contributed by atoms with Gasteiger partial charge in [-0.2, -0.15) is 0 Å². The molecular weight excluding hydrogens is 204 g/mol. The summed E-state index contributed by atoms with van der Waals surface area (Å²) in [5, 5.41) is 12.8. The lowest BCUT2D eigenvalue weighted by Gasteiger charge is -2.27. The molecule has 2 unspecified atom stereocenters. The molecule has 1 saturated carbocycles. The van der Waals surface area contributed by atoms with Gasteiger partial charge in [0.15, 0.2) is 0 Å². The lowest BCUT2D eigenvalue weighted by molar-refractivity contribution is -0.124. The van der Waals surface area contributed by atoms with Crippen LogP contribution < -0.4 is 5.32 Å². The number of rotatable bonds is 5. The fraction of sp³-hybridized carbons (Fsp3) is 0.917. The summed E-state index contributed by atoms with van der Waals surface area (Å²) in [6, 6.07) is 0. The molecule has 0 spiro atoms. The zero-order valence-corrected chi connectivity index (χ0v) is 11.0. The molecule has 0 aliphatic heterocycles. The molecule has 0 aromatic carbocycles. The lowest BCUT2D eigenvalue weighted by atomic mass is 10.1. The van der Waals surface area contributed by atoms with Gasteiger partial charge < -0.3 is 15.3 Å². The van der Waals surface area contributed by atoms with Crippen LogP contribution in [0.2, 0.25) is 0 Å². The zero-order chi connectivity index (χ0) is 12.6. The highest BCUT2D eigenvalue weighted by molar-refractivity contribution is 5.82. The second kappa shape index (κ2) is 4.34. The minimum absolute atomic E-state index is 0.0732. The van der Waals surface area contributed by atoms with Gasteiger partial charge in [0.2, 0.25) is 5.91 Å². The molecule has 1 aliphatic carbocycles. The molecule has 0 heterocycles. The molecular formula is C12H24N2O2. The van der Waals surface area contributed by atoms with Gasteiger partial charge in [0.1, 0.15) is 0 Å². The SMILES string of the molecule is CN(C)CC(C)(O)CNC(=O)C1CC1(C)C. The largest absolute Gasteiger partial charge is 0.387 e. The van der Waals surface area contributed by atoms with Crippen LogP contribution in [0.1, 0.15) is 27.2 Å². The molecule has 0 aromatic rings. The van der Waals surface area contributed by atoms with Crippen LogP contribution in [-0.4, -0.2) is 48.7 Å². The van der Waals surface area contributed by atoms with E-state index in [0.717, 1.165) is 6.42 Å². The van der Waals surface area contributed by atoms with E-state index in [0.29, 0.717) is 13.1 Å². The molecule has 4 nitrogen and oxygen atoms in total. The molecule has 0 bridgehead atoms. The summed E-state index contributed by atoms with van der Waals surface area (Å²) in [7, 11) is 3.81. The predicted molar refractivity (Wildman–Crippen MR) is 64.1 cm³/mol. The summed E-state index contributed by atoms with van der Waals surface area (Å²) in [5.41, 5.74) is -0.713. The van der Waals surface area contributed by atoms with Crippen molar-refractivity contribution < 1.29 is 9.90 Å². The standard InChI is InChI=1S/C12H24N2O2/c1-11(2)6-9(11)10(15)13-7-12(3,16)8-14(4)5/h9,16H,6-8H2,1-5H3,(H,13,15). The highest BCUT2D eigenvalue weighted by Gasteiger charge is 2.50. The first kappa shape index (κ1) is 13.5. The van der Waals surface area contributed by atoms with E-state index in [1.807, 2.05) is 19.0 Å². The third-order valence-electron chi connectivity index (χ3n) is 3.13. The van der Waals surface area contributed by atoms with E-state index < -0.39 is 5.60 Å². The Morgan fingerprint density at radius 2 is 2.06 bits per heavy atom. The summed E-state index contributed by atoms with van der Waals surface area (Å²) >= 11 is 0. The van der Waals surface area contributed by atoms with E-state index in [-0.39, 0.29) is 17.2 Å². The minimum atomic E-state index is -0.863. The van der Waals surface area contributed by atoms with Crippen LogP contribution in [0.3, 0.4) is 0 Å². The maximum Gasteiger partial charge on any atom is 0.223 e. The second-order valence-corrected chi connectivity index (χ2v) is 6.20. The number of nitrogens with zero attached hydrogens (tertiary/aromatic N) is 1. The third kappa shape index (κ3) is 3.76. The van der Waals surface area contributed by atoms with Crippen LogP contribution in [0.25, 0.3) is 0 Å². The van der Waals surface area contributed by atoms with Crippen LogP contribution in [-0.2, 0) is 4.79 Å². The quantitative estimate of drug-likeness (QED) is 0.719. The maximum absolute atomic E-state index is 11.7. The van der Waals surface area contributed by atoms with Gasteiger partial charge in [-0.05, 0) is 32.9 Å². The Kier molecular flexibility index (Phi) is 3.65. The summed E-state index contributed by atoms with van der Waals surface area (Å²) in [5.74, 6) is 0.201. The molecule has 1 amide bonds. The Hall–Kier alpha value is -0.610. The first-order chi connectivity index (χ1) is 7.14. The van der Waals surface area contributed by atoms with Crippen LogP contribution in [0.5, 0.6) is 0 Å². The number of hydrogen-bond donors (Lipinski definition) is 2. The molecule has 0 aromatic heterocycles. The Morgan fingerprint density at radius 1 is 1.56 bits per heavy atom. The lowest BCUT2D eigenvalue weighted by Crippen LogP contribution is -2.47. The van der Waals surface area contributed by atoms with E-state index in [9.17, 15) is 9.90 Å². The van der Waals surface area contributed by atoms with Crippen molar-refractivity contribution in [1.82, 2.24) is 10.2 Å². The Labute approximate surface area is 98.0 Å². The third-order valence-corrected chi connectivity index (χ3v) is 3.13. The van der Waals surface area contributed by atoms with Crippen molar-refractivity contribution in [2.75, 3.05) is 27.2 Å².